The van der Waals surface area contributed by atoms with Gasteiger partial charge in [0.15, 0.2) is 0 Å². The summed E-state index contributed by atoms with van der Waals surface area (Å²) in [4.78, 5) is 11.6. The second-order valence-corrected chi connectivity index (χ2v) is 4.38. The molecule has 106 valence electrons. The first kappa shape index (κ1) is 15.3. The molecule has 0 radical (unpaired) electrons. The zero-order chi connectivity index (χ0) is 14.3. The molecular weight excluding hydrogens is 244 g/mol. The molecule has 0 atom stereocenters. The van der Waals surface area contributed by atoms with Gasteiger partial charge in [-0.2, -0.15) is 0 Å². The van der Waals surface area contributed by atoms with E-state index in [2.05, 4.69) is 5.32 Å². The van der Waals surface area contributed by atoms with Gasteiger partial charge in [0.2, 0.25) is 0 Å². The highest BCUT2D eigenvalue weighted by Gasteiger charge is 2.08. The molecule has 5 heteroatoms. The van der Waals surface area contributed by atoms with E-state index < -0.39 is 0 Å². The average Bonchev–Trinajstić information content (AvgIpc) is 2.36. The maximum atomic E-state index is 11.6. The van der Waals surface area contributed by atoms with Crippen LogP contribution in [0.25, 0.3) is 0 Å². The Hall–Kier alpha value is -1.75. The topological polar surface area (TPSA) is 73.6 Å². The number of nitrogens with two attached hydrogens (primary N) is 1. The third kappa shape index (κ3) is 5.18. The van der Waals surface area contributed by atoms with E-state index in [0.29, 0.717) is 36.8 Å². The van der Waals surface area contributed by atoms with Crippen LogP contribution in [0.1, 0.15) is 31.1 Å². The number of ether oxygens (including phenoxy) is 2. The number of amides is 1. The number of nitrogens with one attached hydrogen (secondary N) is 1. The first-order valence-corrected chi connectivity index (χ1v) is 6.46. The molecule has 1 aromatic rings. The Morgan fingerprint density at radius 1 is 1.37 bits per heavy atom. The number of carbonyl (C=O) groups excluding carboxylic acids is 1. The van der Waals surface area contributed by atoms with Gasteiger partial charge in [-0.3, -0.25) is 4.79 Å². The zero-order valence-electron chi connectivity index (χ0n) is 11.7. The maximum Gasteiger partial charge on any atom is 0.251 e. The largest absolute Gasteiger partial charge is 0.489 e. The van der Waals surface area contributed by atoms with Gasteiger partial charge < -0.3 is 20.5 Å². The molecule has 0 aliphatic rings. The molecule has 3 N–H and O–H groups in total. The van der Waals surface area contributed by atoms with Gasteiger partial charge in [-0.1, -0.05) is 0 Å². The lowest BCUT2D eigenvalue weighted by molar-refractivity contribution is 0.0554. The molecule has 0 saturated carbocycles. The third-order valence-electron chi connectivity index (χ3n) is 2.40. The summed E-state index contributed by atoms with van der Waals surface area (Å²) >= 11 is 0. The van der Waals surface area contributed by atoms with Gasteiger partial charge in [0.25, 0.3) is 5.91 Å². The molecule has 0 aliphatic heterocycles. The average molecular weight is 266 g/mol. The van der Waals surface area contributed by atoms with Crippen molar-refractivity contribution >= 4 is 11.6 Å². The summed E-state index contributed by atoms with van der Waals surface area (Å²) in [6, 6.07) is 5.01. The second kappa shape index (κ2) is 7.63. The molecule has 0 heterocycles. The normalized spacial score (nSPS) is 10.5. The van der Waals surface area contributed by atoms with Crippen LogP contribution in [0.15, 0.2) is 18.2 Å². The van der Waals surface area contributed by atoms with Crippen molar-refractivity contribution in [3.05, 3.63) is 23.8 Å². The van der Waals surface area contributed by atoms with Crippen LogP contribution in [-0.2, 0) is 4.74 Å². The van der Waals surface area contributed by atoms with Gasteiger partial charge in [-0.15, -0.1) is 0 Å². The molecular formula is C14H22N2O3. The van der Waals surface area contributed by atoms with Crippen molar-refractivity contribution in [2.24, 2.45) is 0 Å². The zero-order valence-corrected chi connectivity index (χ0v) is 11.7. The van der Waals surface area contributed by atoms with Crippen LogP contribution < -0.4 is 15.8 Å². The minimum absolute atomic E-state index is 0.135. The standard InChI is InChI=1S/C14H22N2O3/c1-4-16-14(17)11-5-6-13(12(15)9-11)19-8-7-18-10(2)3/h5-6,9-10H,4,7-8,15H2,1-3H3,(H,16,17). The summed E-state index contributed by atoms with van der Waals surface area (Å²) in [6.07, 6.45) is 0.182. The van der Waals surface area contributed by atoms with Crippen LogP contribution >= 0.6 is 0 Å². The van der Waals surface area contributed by atoms with Crippen LogP contribution in [0.2, 0.25) is 0 Å². The fraction of sp³-hybridized carbons (Fsp3) is 0.500. The number of carbonyl (C=O) groups is 1. The number of nitrogen functional groups attached to an aromatic ring is 1. The SMILES string of the molecule is CCNC(=O)c1ccc(OCCOC(C)C)c(N)c1. The van der Waals surface area contributed by atoms with Crippen molar-refractivity contribution in [1.82, 2.24) is 5.32 Å². The Balaban J connectivity index is 2.55. The molecule has 0 saturated heterocycles. The highest BCUT2D eigenvalue weighted by atomic mass is 16.5. The smallest absolute Gasteiger partial charge is 0.251 e. The Labute approximate surface area is 114 Å². The third-order valence-corrected chi connectivity index (χ3v) is 2.40. The lowest BCUT2D eigenvalue weighted by atomic mass is 10.2. The molecule has 0 aromatic heterocycles. The van der Waals surface area contributed by atoms with Crippen molar-refractivity contribution in [3.8, 4) is 5.75 Å². The van der Waals surface area contributed by atoms with E-state index in [0.717, 1.165) is 0 Å². The lowest BCUT2D eigenvalue weighted by Gasteiger charge is -2.11. The van der Waals surface area contributed by atoms with Gasteiger partial charge in [-0.05, 0) is 39.0 Å². The van der Waals surface area contributed by atoms with Crippen LogP contribution in [0, 0.1) is 0 Å². The fourth-order valence-electron chi connectivity index (χ4n) is 1.52. The summed E-state index contributed by atoms with van der Waals surface area (Å²) < 4.78 is 10.9. The lowest BCUT2D eigenvalue weighted by Crippen LogP contribution is -2.22. The summed E-state index contributed by atoms with van der Waals surface area (Å²) in [5.74, 6) is 0.435. The number of hydrogen-bond acceptors (Lipinski definition) is 4. The monoisotopic (exact) mass is 266 g/mol. The minimum Gasteiger partial charge on any atom is -0.489 e. The van der Waals surface area contributed by atoms with E-state index in [1.54, 1.807) is 18.2 Å². The van der Waals surface area contributed by atoms with Gasteiger partial charge in [0, 0.05) is 12.1 Å². The Bertz CT molecular complexity index is 419. The predicted octanol–water partition coefficient (Wildman–Crippen LogP) is 1.82. The number of benzene rings is 1. The summed E-state index contributed by atoms with van der Waals surface area (Å²) in [7, 11) is 0. The summed E-state index contributed by atoms with van der Waals surface area (Å²) in [5.41, 5.74) is 6.84. The number of rotatable bonds is 7. The first-order chi connectivity index (χ1) is 9.04. The van der Waals surface area contributed by atoms with Gasteiger partial charge in [0.05, 0.1) is 18.4 Å². The molecule has 0 bridgehead atoms. The van der Waals surface area contributed by atoms with E-state index in [4.69, 9.17) is 15.2 Å². The van der Waals surface area contributed by atoms with Crippen molar-refractivity contribution in [2.75, 3.05) is 25.5 Å². The maximum absolute atomic E-state index is 11.6. The number of anilines is 1. The molecule has 0 fully saturated rings. The quantitative estimate of drug-likeness (QED) is 0.583. The first-order valence-electron chi connectivity index (χ1n) is 6.46. The molecule has 1 aromatic carbocycles. The van der Waals surface area contributed by atoms with Gasteiger partial charge in [-0.25, -0.2) is 0 Å². The molecule has 0 unspecified atom stereocenters. The predicted molar refractivity (Wildman–Crippen MR) is 75.4 cm³/mol. The Morgan fingerprint density at radius 2 is 2.11 bits per heavy atom. The molecule has 5 nitrogen and oxygen atoms in total. The van der Waals surface area contributed by atoms with Gasteiger partial charge in [0.1, 0.15) is 12.4 Å². The van der Waals surface area contributed by atoms with Crippen molar-refractivity contribution in [2.45, 2.75) is 26.9 Å². The second-order valence-electron chi connectivity index (χ2n) is 4.38. The van der Waals surface area contributed by atoms with Crippen LogP contribution in [0.3, 0.4) is 0 Å². The Morgan fingerprint density at radius 3 is 2.68 bits per heavy atom. The molecule has 1 rings (SSSR count). The fourth-order valence-corrected chi connectivity index (χ4v) is 1.52. The van der Waals surface area contributed by atoms with E-state index in [9.17, 15) is 4.79 Å². The van der Waals surface area contributed by atoms with E-state index in [-0.39, 0.29) is 12.0 Å². The van der Waals surface area contributed by atoms with Crippen molar-refractivity contribution in [1.29, 1.82) is 0 Å². The van der Waals surface area contributed by atoms with Crippen molar-refractivity contribution in [3.63, 3.8) is 0 Å². The molecule has 0 aliphatic carbocycles. The van der Waals surface area contributed by atoms with E-state index >= 15 is 0 Å². The highest BCUT2D eigenvalue weighted by Crippen LogP contribution is 2.22. The van der Waals surface area contributed by atoms with Crippen molar-refractivity contribution < 1.29 is 14.3 Å². The molecule has 1 amide bonds. The highest BCUT2D eigenvalue weighted by molar-refractivity contribution is 5.95. The van der Waals surface area contributed by atoms with Gasteiger partial charge >= 0.3 is 0 Å². The summed E-state index contributed by atoms with van der Waals surface area (Å²) in [5, 5.41) is 2.72. The van der Waals surface area contributed by atoms with E-state index in [1.165, 1.54) is 0 Å². The van der Waals surface area contributed by atoms with E-state index in [1.807, 2.05) is 20.8 Å². The molecule has 19 heavy (non-hydrogen) atoms. The van der Waals surface area contributed by atoms with Crippen LogP contribution in [-0.4, -0.2) is 31.8 Å². The van der Waals surface area contributed by atoms with Crippen LogP contribution in [0.4, 0.5) is 5.69 Å². The summed E-state index contributed by atoms with van der Waals surface area (Å²) in [6.45, 7) is 7.33. The number of hydrogen-bond donors (Lipinski definition) is 2. The Kier molecular flexibility index (Phi) is 6.15. The molecule has 0 spiro atoms. The van der Waals surface area contributed by atoms with Crippen LogP contribution in [0.5, 0.6) is 5.75 Å². The minimum atomic E-state index is -0.135.